The summed E-state index contributed by atoms with van der Waals surface area (Å²) in [5, 5.41) is 14.5. The van der Waals surface area contributed by atoms with Crippen LogP contribution in [0.5, 0.6) is 0 Å². The van der Waals surface area contributed by atoms with E-state index in [2.05, 4.69) is 39.6 Å². The smallest absolute Gasteiger partial charge is 0.236 e. The second-order valence-corrected chi connectivity index (χ2v) is 6.93. The lowest BCUT2D eigenvalue weighted by Gasteiger charge is -2.07. The zero-order chi connectivity index (χ0) is 16.9. The molecule has 2 aromatic heterocycles. The van der Waals surface area contributed by atoms with E-state index in [4.69, 9.17) is 0 Å². The zero-order valence-corrected chi connectivity index (χ0v) is 15.0. The molecule has 0 saturated carbocycles. The van der Waals surface area contributed by atoms with Crippen LogP contribution in [0.4, 0.5) is 5.13 Å². The number of benzene rings is 1. The topological polar surface area (TPSA) is 72.7 Å². The molecular weight excluding hydrogens is 342 g/mol. The number of aromatic nitrogens is 4. The minimum absolute atomic E-state index is 0.0993. The highest BCUT2D eigenvalue weighted by atomic mass is 32.2. The Morgan fingerprint density at radius 3 is 2.96 bits per heavy atom. The molecule has 124 valence electrons. The molecule has 0 aliphatic heterocycles. The summed E-state index contributed by atoms with van der Waals surface area (Å²) in [5.41, 5.74) is 2.21. The highest BCUT2D eigenvalue weighted by Gasteiger charge is 2.15. The van der Waals surface area contributed by atoms with Crippen LogP contribution in [0.15, 0.2) is 41.0 Å². The number of thiazole rings is 1. The molecule has 0 aliphatic carbocycles. The van der Waals surface area contributed by atoms with Gasteiger partial charge in [-0.3, -0.25) is 4.79 Å². The van der Waals surface area contributed by atoms with Crippen LogP contribution in [0.3, 0.4) is 0 Å². The maximum atomic E-state index is 12.0. The maximum Gasteiger partial charge on any atom is 0.236 e. The van der Waals surface area contributed by atoms with E-state index in [0.717, 1.165) is 23.1 Å². The van der Waals surface area contributed by atoms with Crippen LogP contribution in [0.2, 0.25) is 0 Å². The predicted molar refractivity (Wildman–Crippen MR) is 97.3 cm³/mol. The van der Waals surface area contributed by atoms with Crippen LogP contribution < -0.4 is 5.32 Å². The Morgan fingerprint density at radius 1 is 1.38 bits per heavy atom. The van der Waals surface area contributed by atoms with Gasteiger partial charge in [0.1, 0.15) is 0 Å². The van der Waals surface area contributed by atoms with Crippen molar-refractivity contribution in [1.29, 1.82) is 0 Å². The summed E-state index contributed by atoms with van der Waals surface area (Å²) in [4.78, 5) is 16.0. The number of carbonyl (C=O) groups is 1. The number of thioether (sulfide) groups is 1. The highest BCUT2D eigenvalue weighted by molar-refractivity contribution is 7.99. The molecule has 1 N–H and O–H groups in total. The number of aryl methyl sites for hydroxylation is 1. The Hall–Kier alpha value is -2.19. The van der Waals surface area contributed by atoms with E-state index in [0.29, 0.717) is 5.13 Å². The van der Waals surface area contributed by atoms with Crippen molar-refractivity contribution < 1.29 is 4.79 Å². The van der Waals surface area contributed by atoms with Crippen molar-refractivity contribution in [3.8, 4) is 11.4 Å². The third-order valence-corrected chi connectivity index (χ3v) is 4.98. The van der Waals surface area contributed by atoms with Crippen LogP contribution in [0, 0.1) is 6.92 Å². The third-order valence-electron chi connectivity index (χ3n) is 3.32. The molecule has 3 rings (SSSR count). The molecule has 6 nitrogen and oxygen atoms in total. The van der Waals surface area contributed by atoms with E-state index in [-0.39, 0.29) is 11.7 Å². The van der Waals surface area contributed by atoms with Crippen LogP contribution in [-0.4, -0.2) is 31.4 Å². The van der Waals surface area contributed by atoms with Gasteiger partial charge in [-0.25, -0.2) is 4.98 Å². The number of rotatable bonds is 6. The first-order valence-electron chi connectivity index (χ1n) is 7.49. The summed E-state index contributed by atoms with van der Waals surface area (Å²) in [6.45, 7) is 4.84. The number of hydrogen-bond donors (Lipinski definition) is 1. The fraction of sp³-hybridized carbons (Fsp3) is 0.250. The first-order valence-corrected chi connectivity index (χ1v) is 9.36. The van der Waals surface area contributed by atoms with Crippen LogP contribution in [0.1, 0.15) is 12.5 Å². The third kappa shape index (κ3) is 3.82. The number of carbonyl (C=O) groups excluding carboxylic acids is 1. The quantitative estimate of drug-likeness (QED) is 0.682. The normalized spacial score (nSPS) is 10.8. The van der Waals surface area contributed by atoms with Gasteiger partial charge in [-0.05, 0) is 19.9 Å². The van der Waals surface area contributed by atoms with Crippen molar-refractivity contribution >= 4 is 34.1 Å². The van der Waals surface area contributed by atoms with Crippen molar-refractivity contribution in [2.24, 2.45) is 0 Å². The minimum atomic E-state index is -0.0993. The SMILES string of the molecule is CCn1c(SCC(=O)Nc2nccs2)nnc1-c1cccc(C)c1. The molecule has 1 amide bonds. The van der Waals surface area contributed by atoms with Gasteiger partial charge in [0.15, 0.2) is 16.1 Å². The van der Waals surface area contributed by atoms with Crippen LogP contribution in [0.25, 0.3) is 11.4 Å². The Bertz CT molecular complexity index is 829. The molecule has 24 heavy (non-hydrogen) atoms. The molecular formula is C16H17N5OS2. The number of nitrogens with zero attached hydrogens (tertiary/aromatic N) is 4. The Kier molecular flexibility index (Phi) is 5.27. The molecule has 0 bridgehead atoms. The van der Waals surface area contributed by atoms with Gasteiger partial charge in [0.2, 0.25) is 5.91 Å². The fourth-order valence-corrected chi connectivity index (χ4v) is 3.60. The standard InChI is InChI=1S/C16H17N5OS2/c1-3-21-14(12-6-4-5-11(2)9-12)19-20-16(21)24-10-13(22)18-15-17-7-8-23-15/h4-9H,3,10H2,1-2H3,(H,17,18,22). The van der Waals surface area contributed by atoms with Gasteiger partial charge >= 0.3 is 0 Å². The number of hydrogen-bond acceptors (Lipinski definition) is 6. The summed E-state index contributed by atoms with van der Waals surface area (Å²) < 4.78 is 2.02. The first-order chi connectivity index (χ1) is 11.7. The Labute approximate surface area is 148 Å². The van der Waals surface area contributed by atoms with Gasteiger partial charge in [0.05, 0.1) is 5.75 Å². The molecule has 1 aromatic carbocycles. The lowest BCUT2D eigenvalue weighted by molar-refractivity contribution is -0.113. The van der Waals surface area contributed by atoms with Crippen LogP contribution >= 0.6 is 23.1 Å². The van der Waals surface area contributed by atoms with Gasteiger partial charge in [0, 0.05) is 23.7 Å². The lowest BCUT2D eigenvalue weighted by Crippen LogP contribution is -2.14. The summed E-state index contributed by atoms with van der Waals surface area (Å²) >= 11 is 2.77. The van der Waals surface area contributed by atoms with Crippen molar-refractivity contribution in [3.63, 3.8) is 0 Å². The van der Waals surface area contributed by atoms with Crippen molar-refractivity contribution in [3.05, 3.63) is 41.4 Å². The van der Waals surface area contributed by atoms with E-state index >= 15 is 0 Å². The summed E-state index contributed by atoms with van der Waals surface area (Å²) in [6, 6.07) is 8.16. The predicted octanol–water partition coefficient (Wildman–Crippen LogP) is 3.46. The molecule has 0 unspecified atom stereocenters. The molecule has 0 aliphatic rings. The van der Waals surface area contributed by atoms with Gasteiger partial charge in [0.25, 0.3) is 0 Å². The van der Waals surface area contributed by atoms with Gasteiger partial charge < -0.3 is 9.88 Å². The lowest BCUT2D eigenvalue weighted by atomic mass is 10.1. The molecule has 8 heteroatoms. The van der Waals surface area contributed by atoms with E-state index in [1.54, 1.807) is 6.20 Å². The van der Waals surface area contributed by atoms with Crippen molar-refractivity contribution in [2.45, 2.75) is 25.5 Å². The second kappa shape index (κ2) is 7.59. The first kappa shape index (κ1) is 16.7. The second-order valence-electron chi connectivity index (χ2n) is 5.09. The zero-order valence-electron chi connectivity index (χ0n) is 13.4. The molecule has 0 fully saturated rings. The van der Waals surface area contributed by atoms with Gasteiger partial charge in [-0.2, -0.15) is 0 Å². The molecule has 3 aromatic rings. The number of anilines is 1. The highest BCUT2D eigenvalue weighted by Crippen LogP contribution is 2.24. The van der Waals surface area contributed by atoms with Crippen molar-refractivity contribution in [1.82, 2.24) is 19.7 Å². The average Bonchev–Trinajstić information content (AvgIpc) is 3.21. The fourth-order valence-electron chi connectivity index (χ4n) is 2.25. The van der Waals surface area contributed by atoms with Gasteiger partial charge in [-0.15, -0.1) is 21.5 Å². The number of nitrogens with one attached hydrogen (secondary N) is 1. The molecule has 0 spiro atoms. The number of amides is 1. The molecule has 0 saturated heterocycles. The van der Waals surface area contributed by atoms with E-state index in [9.17, 15) is 4.79 Å². The van der Waals surface area contributed by atoms with E-state index in [1.165, 1.54) is 28.7 Å². The van der Waals surface area contributed by atoms with E-state index < -0.39 is 0 Å². The monoisotopic (exact) mass is 359 g/mol. The molecule has 0 atom stereocenters. The summed E-state index contributed by atoms with van der Waals surface area (Å²) in [7, 11) is 0. The van der Waals surface area contributed by atoms with Crippen molar-refractivity contribution in [2.75, 3.05) is 11.1 Å². The maximum absolute atomic E-state index is 12.0. The van der Waals surface area contributed by atoms with E-state index in [1.807, 2.05) is 29.0 Å². The largest absolute Gasteiger partial charge is 0.302 e. The average molecular weight is 359 g/mol. The summed E-state index contributed by atoms with van der Waals surface area (Å²) in [5.74, 6) is 0.993. The van der Waals surface area contributed by atoms with Gasteiger partial charge in [-0.1, -0.05) is 35.5 Å². The Morgan fingerprint density at radius 2 is 2.25 bits per heavy atom. The molecule has 0 radical (unpaired) electrons. The Balaban J connectivity index is 1.71. The van der Waals surface area contributed by atoms with Crippen LogP contribution in [-0.2, 0) is 11.3 Å². The molecule has 2 heterocycles. The minimum Gasteiger partial charge on any atom is -0.302 e. The summed E-state index contributed by atoms with van der Waals surface area (Å²) in [6.07, 6.45) is 1.66.